The van der Waals surface area contributed by atoms with Gasteiger partial charge in [-0.2, -0.15) is 23.4 Å². The summed E-state index contributed by atoms with van der Waals surface area (Å²) in [5.74, 6) is 0.189. The third-order valence-corrected chi connectivity index (χ3v) is 4.34. The number of benzene rings is 1. The van der Waals surface area contributed by atoms with E-state index in [-0.39, 0.29) is 17.8 Å². The van der Waals surface area contributed by atoms with Gasteiger partial charge in [0, 0.05) is 6.20 Å². The molecule has 3 aromatic rings. The molecule has 0 bridgehead atoms. The second kappa shape index (κ2) is 9.43. The summed E-state index contributed by atoms with van der Waals surface area (Å²) < 4.78 is 49.1. The van der Waals surface area contributed by atoms with Crippen LogP contribution in [0.3, 0.4) is 0 Å². The average Bonchev–Trinajstić information content (AvgIpc) is 3.35. The highest BCUT2D eigenvalue weighted by molar-refractivity contribution is 6.02. The number of amides is 1. The van der Waals surface area contributed by atoms with Gasteiger partial charge in [0.2, 0.25) is 0 Å². The number of rotatable bonds is 8. The van der Waals surface area contributed by atoms with Crippen molar-refractivity contribution in [2.45, 2.75) is 45.8 Å². The van der Waals surface area contributed by atoms with Gasteiger partial charge in [0.1, 0.15) is 19.1 Å². The maximum absolute atomic E-state index is 12.3. The predicted molar refractivity (Wildman–Crippen MR) is 110 cm³/mol. The van der Waals surface area contributed by atoms with E-state index in [0.29, 0.717) is 11.4 Å². The molecule has 1 N–H and O–H groups in total. The van der Waals surface area contributed by atoms with Crippen LogP contribution in [-0.2, 0) is 23.6 Å². The van der Waals surface area contributed by atoms with Gasteiger partial charge in [-0.15, -0.1) is 0 Å². The van der Waals surface area contributed by atoms with Crippen LogP contribution in [0.1, 0.15) is 36.8 Å². The Morgan fingerprint density at radius 3 is 2.44 bits per heavy atom. The third-order valence-electron chi connectivity index (χ3n) is 4.34. The molecule has 8 nitrogen and oxygen atoms in total. The van der Waals surface area contributed by atoms with Gasteiger partial charge in [-0.1, -0.05) is 32.9 Å². The molecule has 2 aromatic heterocycles. The molecular formula is C21H24F3N5O3. The van der Waals surface area contributed by atoms with Crippen molar-refractivity contribution in [1.82, 2.24) is 19.6 Å². The van der Waals surface area contributed by atoms with Crippen molar-refractivity contribution in [3.63, 3.8) is 0 Å². The molecule has 1 amide bonds. The van der Waals surface area contributed by atoms with Crippen LogP contribution in [0.4, 0.5) is 18.9 Å². The van der Waals surface area contributed by atoms with Crippen molar-refractivity contribution < 1.29 is 27.4 Å². The molecule has 172 valence electrons. The number of anilines is 1. The molecule has 11 heteroatoms. The molecule has 0 aliphatic heterocycles. The van der Waals surface area contributed by atoms with Gasteiger partial charge in [-0.05, 0) is 29.2 Å². The maximum Gasteiger partial charge on any atom is 0.411 e. The number of nitrogens with one attached hydrogen (secondary N) is 1. The minimum absolute atomic E-state index is 0.0510. The summed E-state index contributed by atoms with van der Waals surface area (Å²) >= 11 is 0. The van der Waals surface area contributed by atoms with E-state index in [9.17, 15) is 18.0 Å². The summed E-state index contributed by atoms with van der Waals surface area (Å²) in [6.07, 6.45) is -0.152. The van der Waals surface area contributed by atoms with Crippen LogP contribution in [-0.4, -0.2) is 38.3 Å². The Morgan fingerprint density at radius 2 is 1.78 bits per heavy atom. The first-order valence-corrected chi connectivity index (χ1v) is 9.75. The zero-order valence-corrected chi connectivity index (χ0v) is 17.9. The molecule has 0 aliphatic rings. The third kappa shape index (κ3) is 6.84. The molecule has 3 rings (SSSR count). The Labute approximate surface area is 182 Å². The lowest BCUT2D eigenvalue weighted by molar-refractivity contribution is -0.182. The summed E-state index contributed by atoms with van der Waals surface area (Å²) in [6, 6.07) is 9.30. The van der Waals surface area contributed by atoms with Crippen LogP contribution < -0.4 is 10.1 Å². The Bertz CT molecular complexity index is 1040. The predicted octanol–water partition coefficient (Wildman–Crippen LogP) is 4.20. The van der Waals surface area contributed by atoms with E-state index >= 15 is 0 Å². The highest BCUT2D eigenvalue weighted by Crippen LogP contribution is 2.24. The van der Waals surface area contributed by atoms with Crippen molar-refractivity contribution in [3.8, 4) is 5.75 Å². The fourth-order valence-electron chi connectivity index (χ4n) is 2.70. The van der Waals surface area contributed by atoms with Crippen LogP contribution in [0.2, 0.25) is 0 Å². The van der Waals surface area contributed by atoms with Gasteiger partial charge in [-0.3, -0.25) is 4.79 Å². The molecule has 0 saturated heterocycles. The number of ether oxygens (including phenoxy) is 2. The zero-order valence-electron chi connectivity index (χ0n) is 17.9. The van der Waals surface area contributed by atoms with E-state index in [1.165, 1.54) is 28.7 Å². The summed E-state index contributed by atoms with van der Waals surface area (Å²) in [4.78, 5) is 12.3. The number of hydrogen-bond acceptors (Lipinski definition) is 5. The maximum atomic E-state index is 12.3. The van der Waals surface area contributed by atoms with E-state index in [1.807, 2.05) is 24.3 Å². The highest BCUT2D eigenvalue weighted by Gasteiger charge is 2.27. The van der Waals surface area contributed by atoms with Gasteiger partial charge in [0.15, 0.2) is 12.4 Å². The number of carbonyl (C=O) groups excluding carboxylic acids is 1. The standard InChI is InChI=1S/C21H24F3N5O3/c1-20(2,3)15-4-6-17(7-5-15)32-14-28-9-8-18(27-28)19(30)26-16-10-25-29(11-16)13-31-12-21(22,23)24/h4-11H,12-14H2,1-3H3,(H,26,30). The second-order valence-electron chi connectivity index (χ2n) is 8.10. The first-order chi connectivity index (χ1) is 15.0. The number of halogens is 3. The molecule has 0 atom stereocenters. The fourth-order valence-corrected chi connectivity index (χ4v) is 2.70. The SMILES string of the molecule is CC(C)(C)c1ccc(OCn2ccc(C(=O)Nc3cnn(COCC(F)(F)F)c3)n2)cc1. The first-order valence-electron chi connectivity index (χ1n) is 9.75. The van der Waals surface area contributed by atoms with E-state index in [1.54, 1.807) is 6.20 Å². The molecule has 32 heavy (non-hydrogen) atoms. The lowest BCUT2D eigenvalue weighted by Gasteiger charge is -2.19. The summed E-state index contributed by atoms with van der Waals surface area (Å²) in [6.45, 7) is 4.74. The van der Waals surface area contributed by atoms with Crippen LogP contribution in [0.5, 0.6) is 5.75 Å². The number of alkyl halides is 3. The number of carbonyl (C=O) groups is 1. The van der Waals surface area contributed by atoms with Crippen molar-refractivity contribution in [2.75, 3.05) is 11.9 Å². The minimum atomic E-state index is -4.41. The number of nitrogens with zero attached hydrogens (tertiary/aromatic N) is 4. The van der Waals surface area contributed by atoms with Gasteiger partial charge in [0.05, 0.1) is 18.1 Å². The largest absolute Gasteiger partial charge is 0.471 e. The molecule has 0 fully saturated rings. The average molecular weight is 451 g/mol. The van der Waals surface area contributed by atoms with Crippen LogP contribution in [0, 0.1) is 0 Å². The second-order valence-corrected chi connectivity index (χ2v) is 8.10. The van der Waals surface area contributed by atoms with Crippen molar-refractivity contribution in [2.24, 2.45) is 0 Å². The first kappa shape index (κ1) is 23.3. The van der Waals surface area contributed by atoms with Gasteiger partial charge in [-0.25, -0.2) is 9.36 Å². The van der Waals surface area contributed by atoms with Crippen LogP contribution in [0.25, 0.3) is 0 Å². The van der Waals surface area contributed by atoms with E-state index in [0.717, 1.165) is 4.68 Å². The molecule has 0 radical (unpaired) electrons. The summed E-state index contributed by atoms with van der Waals surface area (Å²) in [5.41, 5.74) is 1.70. The molecule has 0 saturated carbocycles. The lowest BCUT2D eigenvalue weighted by Crippen LogP contribution is -2.18. The molecule has 0 spiro atoms. The van der Waals surface area contributed by atoms with E-state index < -0.39 is 25.4 Å². The van der Waals surface area contributed by atoms with Crippen LogP contribution in [0.15, 0.2) is 48.9 Å². The minimum Gasteiger partial charge on any atom is -0.471 e. The normalized spacial score (nSPS) is 12.1. The highest BCUT2D eigenvalue weighted by atomic mass is 19.4. The Balaban J connectivity index is 1.49. The van der Waals surface area contributed by atoms with Crippen molar-refractivity contribution >= 4 is 11.6 Å². The molecule has 1 aromatic carbocycles. The van der Waals surface area contributed by atoms with Gasteiger partial charge in [0.25, 0.3) is 5.91 Å². The lowest BCUT2D eigenvalue weighted by atomic mass is 9.87. The number of hydrogen-bond donors (Lipinski definition) is 1. The smallest absolute Gasteiger partial charge is 0.411 e. The molecule has 2 heterocycles. The Kier molecular flexibility index (Phi) is 6.87. The fraction of sp³-hybridized carbons (Fsp3) is 0.381. The van der Waals surface area contributed by atoms with E-state index in [2.05, 4.69) is 41.0 Å². The van der Waals surface area contributed by atoms with Crippen LogP contribution >= 0.6 is 0 Å². The van der Waals surface area contributed by atoms with E-state index in [4.69, 9.17) is 4.74 Å². The van der Waals surface area contributed by atoms with Crippen molar-refractivity contribution in [1.29, 1.82) is 0 Å². The van der Waals surface area contributed by atoms with Gasteiger partial charge < -0.3 is 14.8 Å². The number of aromatic nitrogens is 4. The summed E-state index contributed by atoms with van der Waals surface area (Å²) in [7, 11) is 0. The zero-order chi connectivity index (χ0) is 23.4. The quantitative estimate of drug-likeness (QED) is 0.555. The molecular weight excluding hydrogens is 427 g/mol. The Hall–Kier alpha value is -3.34. The topological polar surface area (TPSA) is 83.2 Å². The van der Waals surface area contributed by atoms with Gasteiger partial charge >= 0.3 is 6.18 Å². The summed E-state index contributed by atoms with van der Waals surface area (Å²) in [5, 5.41) is 10.6. The monoisotopic (exact) mass is 451 g/mol. The Morgan fingerprint density at radius 1 is 1.06 bits per heavy atom. The molecule has 0 aliphatic carbocycles. The molecule has 0 unspecified atom stereocenters. The van der Waals surface area contributed by atoms with Crippen molar-refractivity contribution in [3.05, 3.63) is 60.2 Å².